The van der Waals surface area contributed by atoms with Crippen LogP contribution in [0, 0.1) is 19.7 Å². The van der Waals surface area contributed by atoms with E-state index in [2.05, 4.69) is 74.1 Å². The SMILES string of the molecule is C=C/C(=C\c1ccccc1C)Nc1nccc(CC)c1CCC.CCc1ccc(C)c(F)c1. The van der Waals surface area contributed by atoms with Crippen LogP contribution in [0.4, 0.5) is 10.2 Å². The summed E-state index contributed by atoms with van der Waals surface area (Å²) >= 11 is 0. The van der Waals surface area contributed by atoms with E-state index in [1.165, 1.54) is 22.3 Å². The topological polar surface area (TPSA) is 24.9 Å². The molecular weight excluding hydrogens is 407 g/mol. The predicted molar refractivity (Wildman–Crippen MR) is 141 cm³/mol. The molecule has 3 aromatic rings. The highest BCUT2D eigenvalue weighted by Crippen LogP contribution is 2.22. The Kier molecular flexibility index (Phi) is 10.6. The van der Waals surface area contributed by atoms with E-state index in [1.54, 1.807) is 13.0 Å². The van der Waals surface area contributed by atoms with Crippen LogP contribution in [0.1, 0.15) is 60.6 Å². The number of rotatable bonds is 8. The summed E-state index contributed by atoms with van der Waals surface area (Å²) in [5.41, 5.74) is 7.87. The van der Waals surface area contributed by atoms with E-state index in [9.17, 15) is 4.39 Å². The molecule has 0 spiro atoms. The lowest BCUT2D eigenvalue weighted by molar-refractivity contribution is 0.616. The van der Waals surface area contributed by atoms with Gasteiger partial charge in [0.1, 0.15) is 11.6 Å². The number of nitrogens with one attached hydrogen (secondary N) is 1. The monoisotopic (exact) mass is 444 g/mol. The quantitative estimate of drug-likeness (QED) is 0.354. The zero-order valence-corrected chi connectivity index (χ0v) is 20.7. The van der Waals surface area contributed by atoms with Crippen LogP contribution in [0.25, 0.3) is 6.08 Å². The number of hydrogen-bond donors (Lipinski definition) is 1. The fraction of sp³-hybridized carbons (Fsp3) is 0.300. The molecule has 1 aromatic heterocycles. The van der Waals surface area contributed by atoms with Gasteiger partial charge in [0.05, 0.1) is 0 Å². The maximum atomic E-state index is 12.8. The van der Waals surface area contributed by atoms with E-state index in [4.69, 9.17) is 0 Å². The molecule has 2 aromatic carbocycles. The van der Waals surface area contributed by atoms with Crippen LogP contribution in [-0.2, 0) is 19.3 Å². The first-order valence-electron chi connectivity index (χ1n) is 11.8. The average molecular weight is 445 g/mol. The van der Waals surface area contributed by atoms with Crippen molar-refractivity contribution in [2.24, 2.45) is 0 Å². The maximum Gasteiger partial charge on any atom is 0.133 e. The van der Waals surface area contributed by atoms with Gasteiger partial charge in [0, 0.05) is 11.9 Å². The Bertz CT molecular complexity index is 1080. The smallest absolute Gasteiger partial charge is 0.133 e. The molecule has 0 aliphatic rings. The predicted octanol–water partition coefficient (Wildman–Crippen LogP) is 8.24. The molecule has 0 aliphatic carbocycles. The third-order valence-electron chi connectivity index (χ3n) is 5.66. The van der Waals surface area contributed by atoms with Crippen molar-refractivity contribution < 1.29 is 4.39 Å². The Labute approximate surface area is 199 Å². The number of aryl methyl sites for hydroxylation is 4. The van der Waals surface area contributed by atoms with Crippen molar-refractivity contribution in [2.45, 2.75) is 60.3 Å². The average Bonchev–Trinajstić information content (AvgIpc) is 2.83. The van der Waals surface area contributed by atoms with Crippen molar-refractivity contribution in [2.75, 3.05) is 5.32 Å². The van der Waals surface area contributed by atoms with E-state index < -0.39 is 0 Å². The number of anilines is 1. The third kappa shape index (κ3) is 7.71. The highest BCUT2D eigenvalue weighted by Gasteiger charge is 2.09. The molecule has 0 aliphatic heterocycles. The van der Waals surface area contributed by atoms with E-state index in [0.29, 0.717) is 0 Å². The van der Waals surface area contributed by atoms with Crippen LogP contribution in [0.5, 0.6) is 0 Å². The summed E-state index contributed by atoms with van der Waals surface area (Å²) in [4.78, 5) is 4.56. The molecule has 174 valence electrons. The summed E-state index contributed by atoms with van der Waals surface area (Å²) in [7, 11) is 0. The first-order chi connectivity index (χ1) is 15.9. The van der Waals surface area contributed by atoms with Crippen LogP contribution < -0.4 is 5.32 Å². The molecule has 0 fully saturated rings. The van der Waals surface area contributed by atoms with E-state index in [1.807, 2.05) is 31.3 Å². The third-order valence-corrected chi connectivity index (χ3v) is 5.66. The minimum Gasteiger partial charge on any atom is -0.340 e. The summed E-state index contributed by atoms with van der Waals surface area (Å²) in [5, 5.41) is 3.46. The zero-order chi connectivity index (χ0) is 24.2. The Balaban J connectivity index is 0.000000321. The fourth-order valence-corrected chi connectivity index (χ4v) is 3.56. The van der Waals surface area contributed by atoms with Gasteiger partial charge in [-0.15, -0.1) is 0 Å². The van der Waals surface area contributed by atoms with Crippen molar-refractivity contribution in [3.8, 4) is 0 Å². The molecule has 0 atom stereocenters. The lowest BCUT2D eigenvalue weighted by Crippen LogP contribution is -2.06. The molecule has 2 nitrogen and oxygen atoms in total. The number of benzene rings is 2. The lowest BCUT2D eigenvalue weighted by Gasteiger charge is -2.15. The van der Waals surface area contributed by atoms with E-state index in [0.717, 1.165) is 48.3 Å². The van der Waals surface area contributed by atoms with Crippen LogP contribution in [-0.4, -0.2) is 4.98 Å². The van der Waals surface area contributed by atoms with Crippen LogP contribution >= 0.6 is 0 Å². The Morgan fingerprint density at radius 2 is 1.76 bits per heavy atom. The molecule has 1 N–H and O–H groups in total. The summed E-state index contributed by atoms with van der Waals surface area (Å²) in [6, 6.07) is 15.8. The van der Waals surface area contributed by atoms with Crippen molar-refractivity contribution in [3.05, 3.63) is 112 Å². The van der Waals surface area contributed by atoms with Crippen LogP contribution in [0.2, 0.25) is 0 Å². The van der Waals surface area contributed by atoms with Crippen molar-refractivity contribution in [1.82, 2.24) is 4.98 Å². The van der Waals surface area contributed by atoms with Crippen molar-refractivity contribution >= 4 is 11.9 Å². The molecule has 3 rings (SSSR count). The molecular formula is C30H37FN2. The van der Waals surface area contributed by atoms with Gasteiger partial charge in [-0.25, -0.2) is 9.37 Å². The highest BCUT2D eigenvalue weighted by molar-refractivity contribution is 5.65. The molecule has 0 saturated carbocycles. The van der Waals surface area contributed by atoms with Gasteiger partial charge < -0.3 is 5.32 Å². The molecule has 33 heavy (non-hydrogen) atoms. The van der Waals surface area contributed by atoms with Crippen molar-refractivity contribution in [3.63, 3.8) is 0 Å². The number of halogens is 1. The number of aromatic nitrogens is 1. The molecule has 0 saturated heterocycles. The number of allylic oxidation sites excluding steroid dienone is 1. The van der Waals surface area contributed by atoms with Gasteiger partial charge in [0.2, 0.25) is 0 Å². The molecule has 0 bridgehead atoms. The number of nitrogens with zero attached hydrogens (tertiary/aromatic N) is 1. The van der Waals surface area contributed by atoms with Gasteiger partial charge in [-0.3, -0.25) is 0 Å². The molecule has 3 heteroatoms. The Morgan fingerprint density at radius 3 is 2.36 bits per heavy atom. The standard InChI is InChI=1S/C21H26N2.C9H11F/c1-5-10-20-17(6-2)13-14-22-21(20)23-19(7-3)15-18-12-9-8-11-16(18)4;1-3-8-5-4-7(2)9(10)6-8/h7-9,11-15H,3,5-6,10H2,1-2,4H3,(H,22,23);4-6H,3H2,1-2H3/b19-15+;. The number of hydrogen-bond acceptors (Lipinski definition) is 2. The Hall–Kier alpha value is -3.20. The van der Waals surface area contributed by atoms with Gasteiger partial charge in [0.15, 0.2) is 0 Å². The second-order valence-electron chi connectivity index (χ2n) is 8.12. The molecule has 1 heterocycles. The second-order valence-corrected chi connectivity index (χ2v) is 8.12. The van der Waals surface area contributed by atoms with E-state index >= 15 is 0 Å². The summed E-state index contributed by atoms with van der Waals surface area (Å²) in [6.45, 7) is 14.2. The first kappa shape index (κ1) is 26.1. The fourth-order valence-electron chi connectivity index (χ4n) is 3.56. The van der Waals surface area contributed by atoms with Gasteiger partial charge in [-0.1, -0.05) is 70.2 Å². The number of pyridine rings is 1. The molecule has 0 radical (unpaired) electrons. The normalized spacial score (nSPS) is 10.9. The second kappa shape index (κ2) is 13.4. The van der Waals surface area contributed by atoms with Crippen LogP contribution in [0.3, 0.4) is 0 Å². The van der Waals surface area contributed by atoms with Gasteiger partial charge in [0.25, 0.3) is 0 Å². The minimum atomic E-state index is -0.0978. The van der Waals surface area contributed by atoms with Crippen LogP contribution in [0.15, 0.2) is 73.1 Å². The highest BCUT2D eigenvalue weighted by atomic mass is 19.1. The largest absolute Gasteiger partial charge is 0.340 e. The van der Waals surface area contributed by atoms with Crippen molar-refractivity contribution in [1.29, 1.82) is 0 Å². The van der Waals surface area contributed by atoms with E-state index in [-0.39, 0.29) is 5.82 Å². The summed E-state index contributed by atoms with van der Waals surface area (Å²) in [5.74, 6) is 0.852. The molecule has 0 unspecified atom stereocenters. The lowest BCUT2D eigenvalue weighted by atomic mass is 10.0. The minimum absolute atomic E-state index is 0.0978. The maximum absolute atomic E-state index is 12.8. The Morgan fingerprint density at radius 1 is 1.00 bits per heavy atom. The van der Waals surface area contributed by atoms with Gasteiger partial charge in [-0.2, -0.15) is 0 Å². The van der Waals surface area contributed by atoms with Gasteiger partial charge in [-0.05, 0) is 90.8 Å². The zero-order valence-electron chi connectivity index (χ0n) is 20.7. The molecule has 0 amide bonds. The first-order valence-corrected chi connectivity index (χ1v) is 11.8. The summed E-state index contributed by atoms with van der Waals surface area (Å²) < 4.78 is 12.8. The summed E-state index contributed by atoms with van der Waals surface area (Å²) in [6.07, 6.45) is 9.93. The van der Waals surface area contributed by atoms with Gasteiger partial charge >= 0.3 is 0 Å².